The molecule has 5 nitrogen and oxygen atoms in total. The van der Waals surface area contributed by atoms with E-state index in [2.05, 4.69) is 10.3 Å². The number of aromatic amines is 1. The number of hydrogen-bond acceptors (Lipinski definition) is 3. The van der Waals surface area contributed by atoms with Crippen LogP contribution in [0.15, 0.2) is 48.7 Å². The summed E-state index contributed by atoms with van der Waals surface area (Å²) >= 11 is 12.1. The number of esters is 1. The third kappa shape index (κ3) is 4.66. The third-order valence-corrected chi connectivity index (χ3v) is 5.04. The molecule has 0 aliphatic rings. The number of carbonyl (C=O) groups is 2. The van der Waals surface area contributed by atoms with Crippen LogP contribution in [0.5, 0.6) is 0 Å². The predicted molar refractivity (Wildman–Crippen MR) is 111 cm³/mol. The molecule has 146 valence electrons. The van der Waals surface area contributed by atoms with Crippen LogP contribution in [0.3, 0.4) is 0 Å². The van der Waals surface area contributed by atoms with Crippen molar-refractivity contribution in [3.05, 3.63) is 69.8 Å². The average molecular weight is 419 g/mol. The maximum absolute atomic E-state index is 12.4. The quantitative estimate of drug-likeness (QED) is 0.563. The Morgan fingerprint density at radius 1 is 1.14 bits per heavy atom. The summed E-state index contributed by atoms with van der Waals surface area (Å²) in [6.07, 6.45) is 0.938. The number of aromatic nitrogens is 1. The highest BCUT2D eigenvalue weighted by atomic mass is 35.5. The maximum Gasteiger partial charge on any atom is 0.311 e. The lowest BCUT2D eigenvalue weighted by Crippen LogP contribution is -2.37. The van der Waals surface area contributed by atoms with Crippen LogP contribution in [0.2, 0.25) is 10.0 Å². The van der Waals surface area contributed by atoms with Crippen LogP contribution in [0.1, 0.15) is 31.0 Å². The van der Waals surface area contributed by atoms with Gasteiger partial charge in [0.25, 0.3) is 5.91 Å². The molecule has 3 rings (SSSR count). The van der Waals surface area contributed by atoms with E-state index >= 15 is 0 Å². The summed E-state index contributed by atoms with van der Waals surface area (Å²) in [5, 5.41) is 4.74. The molecule has 0 fully saturated rings. The highest BCUT2D eigenvalue weighted by molar-refractivity contribution is 6.35. The molecular formula is C21H20Cl2N2O3. The zero-order chi connectivity index (χ0) is 20.3. The van der Waals surface area contributed by atoms with Gasteiger partial charge in [0.1, 0.15) is 0 Å². The first-order chi connectivity index (χ1) is 13.3. The van der Waals surface area contributed by atoms with Gasteiger partial charge in [-0.05, 0) is 43.2 Å². The van der Waals surface area contributed by atoms with Crippen molar-refractivity contribution in [1.29, 1.82) is 0 Å². The number of hydrogen-bond donors (Lipinski definition) is 2. The van der Waals surface area contributed by atoms with Crippen LogP contribution in [-0.4, -0.2) is 23.0 Å². The van der Waals surface area contributed by atoms with E-state index in [4.69, 9.17) is 27.9 Å². The predicted octanol–water partition coefficient (Wildman–Crippen LogP) is 4.83. The van der Waals surface area contributed by atoms with Crippen LogP contribution >= 0.6 is 23.2 Å². The fraction of sp³-hybridized carbons (Fsp3) is 0.238. The fourth-order valence-electron chi connectivity index (χ4n) is 2.99. The molecule has 0 saturated carbocycles. The minimum atomic E-state index is -0.925. The van der Waals surface area contributed by atoms with Gasteiger partial charge in [-0.1, -0.05) is 47.5 Å². The number of amides is 1. The number of rotatable bonds is 6. The summed E-state index contributed by atoms with van der Waals surface area (Å²) in [6, 6.07) is 12.4. The van der Waals surface area contributed by atoms with Crippen molar-refractivity contribution in [2.75, 3.05) is 0 Å². The Balaban J connectivity index is 1.58. The van der Waals surface area contributed by atoms with Crippen molar-refractivity contribution >= 4 is 46.0 Å². The summed E-state index contributed by atoms with van der Waals surface area (Å²) in [5.74, 6) is -0.865. The van der Waals surface area contributed by atoms with Crippen LogP contribution in [0.25, 0.3) is 10.9 Å². The number of nitrogens with one attached hydrogen (secondary N) is 2. The molecule has 0 radical (unpaired) electrons. The normalized spacial score (nSPS) is 13.1. The molecule has 0 saturated heterocycles. The summed E-state index contributed by atoms with van der Waals surface area (Å²) in [5.41, 5.74) is 2.51. The molecule has 28 heavy (non-hydrogen) atoms. The molecule has 2 atom stereocenters. The highest BCUT2D eigenvalue weighted by Crippen LogP contribution is 2.26. The number of benzene rings is 2. The molecule has 2 N–H and O–H groups in total. The van der Waals surface area contributed by atoms with E-state index in [1.54, 1.807) is 38.2 Å². The number of ether oxygens (including phenoxy) is 1. The lowest BCUT2D eigenvalue weighted by molar-refractivity contribution is -0.154. The standard InChI is InChI=1S/C21H20Cl2N2O3/c1-12(16-8-7-15(22)10-18(16)23)25-21(27)13(2)28-20(26)9-14-11-24-19-6-4-3-5-17(14)19/h3-8,10-13,24H,9H2,1-2H3,(H,25,27)/t12-,13+/m0/s1. The van der Waals surface area contributed by atoms with Crippen molar-refractivity contribution in [1.82, 2.24) is 10.3 Å². The Labute approximate surface area is 173 Å². The minimum absolute atomic E-state index is 0.0835. The van der Waals surface area contributed by atoms with Crippen molar-refractivity contribution in [3.8, 4) is 0 Å². The topological polar surface area (TPSA) is 71.2 Å². The lowest BCUT2D eigenvalue weighted by Gasteiger charge is -2.19. The van der Waals surface area contributed by atoms with Gasteiger partial charge >= 0.3 is 5.97 Å². The molecule has 1 heterocycles. The largest absolute Gasteiger partial charge is 0.452 e. The maximum atomic E-state index is 12.4. The summed E-state index contributed by atoms with van der Waals surface area (Å²) in [6.45, 7) is 3.34. The summed E-state index contributed by atoms with van der Waals surface area (Å²) in [4.78, 5) is 27.8. The van der Waals surface area contributed by atoms with E-state index in [0.29, 0.717) is 10.0 Å². The monoisotopic (exact) mass is 418 g/mol. The van der Waals surface area contributed by atoms with Crippen LogP contribution in [0.4, 0.5) is 0 Å². The molecule has 0 aliphatic heterocycles. The van der Waals surface area contributed by atoms with Gasteiger partial charge < -0.3 is 15.0 Å². The van der Waals surface area contributed by atoms with E-state index in [1.165, 1.54) is 0 Å². The van der Waals surface area contributed by atoms with Gasteiger partial charge in [-0.25, -0.2) is 0 Å². The van der Waals surface area contributed by atoms with E-state index < -0.39 is 18.0 Å². The van der Waals surface area contributed by atoms with E-state index in [0.717, 1.165) is 22.0 Å². The van der Waals surface area contributed by atoms with Crippen LogP contribution < -0.4 is 5.32 Å². The van der Waals surface area contributed by atoms with Crippen molar-refractivity contribution in [3.63, 3.8) is 0 Å². The Hall–Kier alpha value is -2.50. The number of carbonyl (C=O) groups excluding carboxylic acids is 2. The Morgan fingerprint density at radius 3 is 2.64 bits per heavy atom. The zero-order valence-corrected chi connectivity index (χ0v) is 17.0. The van der Waals surface area contributed by atoms with Gasteiger partial charge in [0.05, 0.1) is 12.5 Å². The van der Waals surface area contributed by atoms with Gasteiger partial charge in [0.2, 0.25) is 0 Å². The molecule has 0 spiro atoms. The fourth-order valence-corrected chi connectivity index (χ4v) is 3.56. The first-order valence-electron chi connectivity index (χ1n) is 8.85. The van der Waals surface area contributed by atoms with E-state index in [1.807, 2.05) is 24.3 Å². The van der Waals surface area contributed by atoms with Gasteiger partial charge in [-0.15, -0.1) is 0 Å². The molecule has 0 unspecified atom stereocenters. The second kappa shape index (κ2) is 8.67. The second-order valence-corrected chi connectivity index (χ2v) is 7.41. The SMILES string of the molecule is C[C@H](NC(=O)[C@@H](C)OC(=O)Cc1c[nH]c2ccccc12)c1ccc(Cl)cc1Cl. The van der Waals surface area contributed by atoms with Gasteiger partial charge in [0, 0.05) is 27.1 Å². The van der Waals surface area contributed by atoms with Gasteiger partial charge in [-0.3, -0.25) is 9.59 Å². The summed E-state index contributed by atoms with van der Waals surface area (Å²) < 4.78 is 5.30. The molecule has 0 aliphatic carbocycles. The lowest BCUT2D eigenvalue weighted by atomic mass is 10.1. The first-order valence-corrected chi connectivity index (χ1v) is 9.60. The van der Waals surface area contributed by atoms with Gasteiger partial charge in [0.15, 0.2) is 6.10 Å². The van der Waals surface area contributed by atoms with Crippen LogP contribution in [-0.2, 0) is 20.7 Å². The van der Waals surface area contributed by atoms with Crippen LogP contribution in [0, 0.1) is 0 Å². The smallest absolute Gasteiger partial charge is 0.311 e. The van der Waals surface area contributed by atoms with E-state index in [-0.39, 0.29) is 12.5 Å². The Morgan fingerprint density at radius 2 is 1.89 bits per heavy atom. The first kappa shape index (κ1) is 20.2. The molecular weight excluding hydrogens is 399 g/mol. The molecule has 0 bridgehead atoms. The second-order valence-electron chi connectivity index (χ2n) is 6.56. The number of fused-ring (bicyclic) bond motifs is 1. The van der Waals surface area contributed by atoms with Crippen molar-refractivity contribution in [2.45, 2.75) is 32.4 Å². The average Bonchev–Trinajstić information content (AvgIpc) is 3.04. The Bertz CT molecular complexity index is 1020. The molecule has 1 aromatic heterocycles. The molecule has 1 amide bonds. The van der Waals surface area contributed by atoms with Crippen molar-refractivity contribution in [2.24, 2.45) is 0 Å². The molecule has 3 aromatic rings. The molecule has 2 aromatic carbocycles. The number of halogens is 2. The van der Waals surface area contributed by atoms with Gasteiger partial charge in [-0.2, -0.15) is 0 Å². The zero-order valence-electron chi connectivity index (χ0n) is 15.5. The Kier molecular flexibility index (Phi) is 6.27. The van der Waals surface area contributed by atoms with Crippen molar-refractivity contribution < 1.29 is 14.3 Å². The summed E-state index contributed by atoms with van der Waals surface area (Å²) in [7, 11) is 0. The van der Waals surface area contributed by atoms with E-state index in [9.17, 15) is 9.59 Å². The third-order valence-electron chi connectivity index (χ3n) is 4.47. The molecule has 7 heteroatoms. The highest BCUT2D eigenvalue weighted by Gasteiger charge is 2.21. The minimum Gasteiger partial charge on any atom is -0.452 e. The number of H-pyrrole nitrogens is 1. The number of para-hydroxylation sites is 1.